The van der Waals surface area contributed by atoms with Gasteiger partial charge in [-0.05, 0) is 34.1 Å². The van der Waals surface area contributed by atoms with Crippen molar-refractivity contribution in [2.24, 2.45) is 0 Å². The number of halogens is 2. The molecule has 0 aliphatic carbocycles. The average molecular weight is 341 g/mol. The van der Waals surface area contributed by atoms with Crippen LogP contribution in [0.5, 0.6) is 0 Å². The van der Waals surface area contributed by atoms with E-state index in [1.807, 2.05) is 0 Å². The molecule has 0 unspecified atom stereocenters. The van der Waals surface area contributed by atoms with Gasteiger partial charge < -0.3 is 10.6 Å². The summed E-state index contributed by atoms with van der Waals surface area (Å²) in [4.78, 5) is 14.4. The molecule has 0 amide bonds. The average Bonchev–Trinajstić information content (AvgIpc) is 2.42. The van der Waals surface area contributed by atoms with Crippen molar-refractivity contribution in [3.63, 3.8) is 0 Å². The molecule has 0 aliphatic heterocycles. The maximum Gasteiger partial charge on any atom is 0.276 e. The third-order valence-corrected chi connectivity index (χ3v) is 3.11. The van der Waals surface area contributed by atoms with Crippen LogP contribution in [0.4, 0.5) is 27.4 Å². The zero-order chi connectivity index (χ0) is 14.7. The van der Waals surface area contributed by atoms with Gasteiger partial charge in [0.2, 0.25) is 0 Å². The van der Waals surface area contributed by atoms with E-state index in [1.165, 1.54) is 24.3 Å². The lowest BCUT2D eigenvalue weighted by atomic mass is 10.3. The first-order chi connectivity index (χ1) is 9.49. The molecule has 2 aromatic rings. The molecule has 2 N–H and O–H groups in total. The summed E-state index contributed by atoms with van der Waals surface area (Å²) in [7, 11) is 1.61. The summed E-state index contributed by atoms with van der Waals surface area (Å²) in [6.07, 6.45) is 0. The van der Waals surface area contributed by atoms with Gasteiger partial charge in [0.25, 0.3) is 5.69 Å². The molecule has 20 heavy (non-hydrogen) atoms. The molecule has 1 aromatic heterocycles. The molecule has 1 aromatic carbocycles. The number of benzene rings is 1. The van der Waals surface area contributed by atoms with E-state index in [0.29, 0.717) is 16.0 Å². The predicted molar refractivity (Wildman–Crippen MR) is 77.8 cm³/mol. The Hall–Kier alpha value is -2.22. The van der Waals surface area contributed by atoms with Gasteiger partial charge in [-0.1, -0.05) is 0 Å². The topological polar surface area (TPSA) is 80.1 Å². The van der Waals surface area contributed by atoms with E-state index in [2.05, 4.69) is 31.5 Å². The number of nitrogens with one attached hydrogen (secondary N) is 2. The zero-order valence-corrected chi connectivity index (χ0v) is 11.9. The van der Waals surface area contributed by atoms with Crippen molar-refractivity contribution in [1.29, 1.82) is 0 Å². The number of pyridine rings is 1. The highest BCUT2D eigenvalue weighted by molar-refractivity contribution is 9.10. The lowest BCUT2D eigenvalue weighted by Crippen LogP contribution is -2.00. The van der Waals surface area contributed by atoms with Gasteiger partial charge in [0, 0.05) is 12.7 Å². The first-order valence-electron chi connectivity index (χ1n) is 5.56. The summed E-state index contributed by atoms with van der Waals surface area (Å²) >= 11 is 3.05. The van der Waals surface area contributed by atoms with Crippen LogP contribution in [-0.2, 0) is 0 Å². The van der Waals surface area contributed by atoms with Crippen LogP contribution >= 0.6 is 15.9 Å². The Morgan fingerprint density at radius 1 is 1.30 bits per heavy atom. The number of aromatic nitrogens is 1. The van der Waals surface area contributed by atoms with E-state index in [0.717, 1.165) is 0 Å². The first-order valence-corrected chi connectivity index (χ1v) is 6.35. The summed E-state index contributed by atoms with van der Waals surface area (Å²) in [6.45, 7) is 0. The Balaban J connectivity index is 2.34. The maximum atomic E-state index is 13.4. The molecule has 0 radical (unpaired) electrons. The van der Waals surface area contributed by atoms with Crippen LogP contribution in [-0.4, -0.2) is 17.0 Å². The van der Waals surface area contributed by atoms with Crippen molar-refractivity contribution in [2.75, 3.05) is 17.7 Å². The van der Waals surface area contributed by atoms with Crippen molar-refractivity contribution in [1.82, 2.24) is 4.98 Å². The second-order valence-corrected chi connectivity index (χ2v) is 4.71. The third kappa shape index (κ3) is 3.21. The Kier molecular flexibility index (Phi) is 4.14. The van der Waals surface area contributed by atoms with Crippen LogP contribution in [0.2, 0.25) is 0 Å². The van der Waals surface area contributed by atoms with Crippen LogP contribution in [0.15, 0.2) is 34.8 Å². The predicted octanol–water partition coefficient (Wildman–Crippen LogP) is 3.68. The second-order valence-electron chi connectivity index (χ2n) is 3.86. The quantitative estimate of drug-likeness (QED) is 0.655. The SMILES string of the molecule is CNc1cc([N+](=O)[O-])cc(Nc2ccc(Br)c(F)c2)n1. The molecule has 0 saturated carbocycles. The normalized spacial score (nSPS) is 10.2. The van der Waals surface area contributed by atoms with Gasteiger partial charge in [0.1, 0.15) is 17.5 Å². The minimum Gasteiger partial charge on any atom is -0.373 e. The molecule has 0 saturated heterocycles. The molecule has 2 rings (SSSR count). The molecule has 6 nitrogen and oxygen atoms in total. The summed E-state index contributed by atoms with van der Waals surface area (Å²) in [5.74, 6) is 0.166. The molecule has 0 fully saturated rings. The molecular weight excluding hydrogens is 331 g/mol. The highest BCUT2D eigenvalue weighted by atomic mass is 79.9. The van der Waals surface area contributed by atoms with E-state index in [1.54, 1.807) is 13.1 Å². The zero-order valence-electron chi connectivity index (χ0n) is 10.4. The van der Waals surface area contributed by atoms with Gasteiger partial charge in [-0.15, -0.1) is 0 Å². The number of hydrogen-bond donors (Lipinski definition) is 2. The smallest absolute Gasteiger partial charge is 0.276 e. The Labute approximate surface area is 122 Å². The summed E-state index contributed by atoms with van der Waals surface area (Å²) in [5, 5.41) is 16.4. The minimum absolute atomic E-state index is 0.107. The number of rotatable bonds is 4. The molecule has 0 bridgehead atoms. The molecule has 1 heterocycles. The van der Waals surface area contributed by atoms with Crippen LogP contribution in [0.3, 0.4) is 0 Å². The Morgan fingerprint density at radius 2 is 2.00 bits per heavy atom. The number of nitrogens with zero attached hydrogens (tertiary/aromatic N) is 2. The van der Waals surface area contributed by atoms with Crippen LogP contribution in [0, 0.1) is 15.9 Å². The number of anilines is 3. The molecule has 0 atom stereocenters. The van der Waals surface area contributed by atoms with E-state index in [-0.39, 0.29) is 11.5 Å². The van der Waals surface area contributed by atoms with Crippen LogP contribution in [0.1, 0.15) is 0 Å². The van der Waals surface area contributed by atoms with Crippen molar-refractivity contribution in [3.8, 4) is 0 Å². The van der Waals surface area contributed by atoms with Crippen molar-refractivity contribution in [3.05, 3.63) is 50.7 Å². The van der Waals surface area contributed by atoms with Gasteiger partial charge >= 0.3 is 0 Å². The highest BCUT2D eigenvalue weighted by Gasteiger charge is 2.11. The molecule has 8 heteroatoms. The molecule has 104 valence electrons. The van der Waals surface area contributed by atoms with Gasteiger partial charge in [0.05, 0.1) is 21.5 Å². The Morgan fingerprint density at radius 3 is 2.60 bits per heavy atom. The Bertz CT molecular complexity index is 666. The molecular formula is C12H10BrFN4O2. The maximum absolute atomic E-state index is 13.4. The first kappa shape index (κ1) is 14.2. The largest absolute Gasteiger partial charge is 0.373 e. The molecule has 0 aliphatic rings. The third-order valence-electron chi connectivity index (χ3n) is 2.47. The monoisotopic (exact) mass is 340 g/mol. The van der Waals surface area contributed by atoms with Gasteiger partial charge in [0.15, 0.2) is 0 Å². The van der Waals surface area contributed by atoms with E-state index in [4.69, 9.17) is 0 Å². The minimum atomic E-state index is -0.518. The standard InChI is InChI=1S/C12H10BrFN4O2/c1-15-11-5-8(18(19)20)6-12(17-11)16-7-2-3-9(13)10(14)4-7/h2-6H,1H3,(H2,15,16,17). The summed E-state index contributed by atoms with van der Waals surface area (Å²) in [6, 6.07) is 7.03. The lowest BCUT2D eigenvalue weighted by molar-refractivity contribution is -0.384. The van der Waals surface area contributed by atoms with Crippen LogP contribution in [0.25, 0.3) is 0 Å². The number of nitro groups is 1. The lowest BCUT2D eigenvalue weighted by Gasteiger charge is -2.08. The van der Waals surface area contributed by atoms with Crippen molar-refractivity contribution >= 4 is 38.9 Å². The van der Waals surface area contributed by atoms with Crippen molar-refractivity contribution in [2.45, 2.75) is 0 Å². The highest BCUT2D eigenvalue weighted by Crippen LogP contribution is 2.25. The van der Waals surface area contributed by atoms with Gasteiger partial charge in [-0.2, -0.15) is 0 Å². The summed E-state index contributed by atoms with van der Waals surface area (Å²) in [5.41, 5.74) is 0.338. The number of hydrogen-bond acceptors (Lipinski definition) is 5. The second kappa shape index (κ2) is 5.83. The van der Waals surface area contributed by atoms with Crippen LogP contribution < -0.4 is 10.6 Å². The fourth-order valence-corrected chi connectivity index (χ4v) is 1.78. The fourth-order valence-electron chi connectivity index (χ4n) is 1.54. The molecule has 0 spiro atoms. The fraction of sp³-hybridized carbons (Fsp3) is 0.0833. The van der Waals surface area contributed by atoms with Gasteiger partial charge in [-0.3, -0.25) is 10.1 Å². The van der Waals surface area contributed by atoms with E-state index < -0.39 is 10.7 Å². The van der Waals surface area contributed by atoms with Crippen molar-refractivity contribution < 1.29 is 9.31 Å². The van der Waals surface area contributed by atoms with E-state index in [9.17, 15) is 14.5 Å². The summed E-state index contributed by atoms with van der Waals surface area (Å²) < 4.78 is 13.7. The van der Waals surface area contributed by atoms with E-state index >= 15 is 0 Å². The van der Waals surface area contributed by atoms with Gasteiger partial charge in [-0.25, -0.2) is 9.37 Å².